The van der Waals surface area contributed by atoms with E-state index in [-0.39, 0.29) is 29.1 Å². The monoisotopic (exact) mass is 496 g/mol. The van der Waals surface area contributed by atoms with E-state index in [2.05, 4.69) is 52.2 Å². The van der Waals surface area contributed by atoms with Crippen molar-refractivity contribution in [3.63, 3.8) is 0 Å². The summed E-state index contributed by atoms with van der Waals surface area (Å²) >= 11 is 0. The first kappa shape index (κ1) is 29.4. The Morgan fingerprint density at radius 3 is 2.08 bits per heavy atom. The maximum absolute atomic E-state index is 13.0. The molecule has 0 bridgehead atoms. The number of carbonyl (C=O) groups is 2. The maximum atomic E-state index is 13.0. The molecule has 0 unspecified atom stereocenters. The van der Waals surface area contributed by atoms with Gasteiger partial charge in [0.15, 0.2) is 0 Å². The third-order valence-electron chi connectivity index (χ3n) is 6.10. The molecule has 3 N–H and O–H groups in total. The quantitative estimate of drug-likeness (QED) is 0.368. The lowest BCUT2D eigenvalue weighted by Gasteiger charge is -2.28. The molecule has 0 fully saturated rings. The highest BCUT2D eigenvalue weighted by Gasteiger charge is 2.27. The SMILES string of the molecule is CCOCCCNC(=O)[C@H](NC(=O)CCc1cc(C(C)(C)C)c(O)c(C(C)(C)C)c1)c1ccccc1. The van der Waals surface area contributed by atoms with E-state index in [4.69, 9.17) is 4.74 Å². The summed E-state index contributed by atoms with van der Waals surface area (Å²) in [5, 5.41) is 16.8. The number of aryl methyl sites for hydroxylation is 1. The van der Waals surface area contributed by atoms with Crippen molar-refractivity contribution in [2.45, 2.75) is 84.6 Å². The van der Waals surface area contributed by atoms with E-state index < -0.39 is 6.04 Å². The second kappa shape index (κ2) is 12.9. The lowest BCUT2D eigenvalue weighted by molar-refractivity contribution is -0.129. The molecule has 6 heteroatoms. The van der Waals surface area contributed by atoms with Gasteiger partial charge in [0, 0.05) is 26.2 Å². The van der Waals surface area contributed by atoms with Gasteiger partial charge in [-0.05, 0) is 52.8 Å². The molecule has 0 radical (unpaired) electrons. The third kappa shape index (κ3) is 8.66. The summed E-state index contributed by atoms with van der Waals surface area (Å²) < 4.78 is 5.33. The lowest BCUT2D eigenvalue weighted by atomic mass is 9.78. The lowest BCUT2D eigenvalue weighted by Crippen LogP contribution is -2.41. The molecule has 2 aromatic rings. The molecule has 0 aromatic heterocycles. The second-order valence-corrected chi connectivity index (χ2v) is 11.3. The zero-order valence-electron chi connectivity index (χ0n) is 23.0. The van der Waals surface area contributed by atoms with Crippen molar-refractivity contribution >= 4 is 11.8 Å². The molecule has 2 aromatic carbocycles. The molecule has 0 heterocycles. The first-order valence-corrected chi connectivity index (χ1v) is 12.9. The number of benzene rings is 2. The van der Waals surface area contributed by atoms with Crippen molar-refractivity contribution in [1.29, 1.82) is 0 Å². The van der Waals surface area contributed by atoms with E-state index in [9.17, 15) is 14.7 Å². The summed E-state index contributed by atoms with van der Waals surface area (Å²) in [6.45, 7) is 16.1. The first-order valence-electron chi connectivity index (χ1n) is 12.9. The van der Waals surface area contributed by atoms with Crippen LogP contribution in [-0.2, 0) is 31.6 Å². The van der Waals surface area contributed by atoms with Gasteiger partial charge >= 0.3 is 0 Å². The Labute approximate surface area is 216 Å². The third-order valence-corrected chi connectivity index (χ3v) is 6.10. The Morgan fingerprint density at radius 2 is 1.56 bits per heavy atom. The number of amides is 2. The minimum atomic E-state index is -0.763. The normalized spacial score (nSPS) is 12.8. The number of hydrogen-bond acceptors (Lipinski definition) is 4. The fraction of sp³-hybridized carbons (Fsp3) is 0.533. The number of nitrogens with one attached hydrogen (secondary N) is 2. The summed E-state index contributed by atoms with van der Waals surface area (Å²) in [4.78, 5) is 25.9. The molecule has 6 nitrogen and oxygen atoms in total. The largest absolute Gasteiger partial charge is 0.507 e. The molecule has 0 spiro atoms. The number of ether oxygens (including phenoxy) is 1. The average Bonchev–Trinajstić information content (AvgIpc) is 2.80. The van der Waals surface area contributed by atoms with Crippen LogP contribution in [0.15, 0.2) is 42.5 Å². The highest BCUT2D eigenvalue weighted by Crippen LogP contribution is 2.40. The van der Waals surface area contributed by atoms with Crippen molar-refractivity contribution < 1.29 is 19.4 Å². The fourth-order valence-electron chi connectivity index (χ4n) is 4.05. The van der Waals surface area contributed by atoms with E-state index in [0.717, 1.165) is 22.3 Å². The van der Waals surface area contributed by atoms with Crippen LogP contribution < -0.4 is 10.6 Å². The van der Waals surface area contributed by atoms with Gasteiger partial charge in [0.1, 0.15) is 11.8 Å². The molecule has 2 amide bonds. The predicted molar refractivity (Wildman–Crippen MR) is 145 cm³/mol. The highest BCUT2D eigenvalue weighted by molar-refractivity contribution is 5.88. The van der Waals surface area contributed by atoms with Gasteiger partial charge in [-0.15, -0.1) is 0 Å². The van der Waals surface area contributed by atoms with Gasteiger partial charge in [0.05, 0.1) is 0 Å². The molecular weight excluding hydrogens is 452 g/mol. The molecule has 0 aliphatic heterocycles. The van der Waals surface area contributed by atoms with Gasteiger partial charge in [-0.2, -0.15) is 0 Å². The fourth-order valence-corrected chi connectivity index (χ4v) is 4.05. The number of carbonyl (C=O) groups excluding carboxylic acids is 2. The minimum absolute atomic E-state index is 0.198. The molecule has 0 saturated carbocycles. The van der Waals surface area contributed by atoms with Crippen molar-refractivity contribution in [2.75, 3.05) is 19.8 Å². The molecular formula is C30H44N2O4. The summed E-state index contributed by atoms with van der Waals surface area (Å²) in [7, 11) is 0. The summed E-state index contributed by atoms with van der Waals surface area (Å²) in [6, 6.07) is 12.5. The van der Waals surface area contributed by atoms with Crippen molar-refractivity contribution in [1.82, 2.24) is 10.6 Å². The van der Waals surface area contributed by atoms with E-state index in [1.165, 1.54) is 0 Å². The number of hydrogen-bond donors (Lipinski definition) is 3. The standard InChI is InChI=1S/C30H44N2O4/c1-8-36-18-12-17-31-28(35)26(22-13-10-9-11-14-22)32-25(33)16-15-21-19-23(29(2,3)4)27(34)24(20-21)30(5,6)7/h9-11,13-14,19-20,26,34H,8,12,15-18H2,1-7H3,(H,31,35)(H,32,33)/t26-/m1/s1. The Balaban J connectivity index is 2.15. The van der Waals surface area contributed by atoms with Crippen LogP contribution >= 0.6 is 0 Å². The smallest absolute Gasteiger partial charge is 0.247 e. The molecule has 0 saturated heterocycles. The first-order chi connectivity index (χ1) is 16.8. The number of phenols is 1. The van der Waals surface area contributed by atoms with Gasteiger partial charge in [-0.25, -0.2) is 0 Å². The van der Waals surface area contributed by atoms with Crippen LogP contribution in [0.4, 0.5) is 0 Å². The average molecular weight is 497 g/mol. The van der Waals surface area contributed by atoms with E-state index in [1.807, 2.05) is 49.4 Å². The van der Waals surface area contributed by atoms with E-state index >= 15 is 0 Å². The zero-order valence-corrected chi connectivity index (χ0v) is 23.0. The van der Waals surface area contributed by atoms with Crippen LogP contribution in [0.3, 0.4) is 0 Å². The zero-order chi connectivity index (χ0) is 26.9. The molecule has 36 heavy (non-hydrogen) atoms. The van der Waals surface area contributed by atoms with Crippen LogP contribution in [0.1, 0.15) is 89.6 Å². The van der Waals surface area contributed by atoms with Crippen LogP contribution in [-0.4, -0.2) is 36.7 Å². The van der Waals surface area contributed by atoms with Crippen molar-refractivity contribution in [3.05, 3.63) is 64.7 Å². The Morgan fingerprint density at radius 1 is 0.972 bits per heavy atom. The van der Waals surface area contributed by atoms with Crippen molar-refractivity contribution in [2.24, 2.45) is 0 Å². The highest BCUT2D eigenvalue weighted by atomic mass is 16.5. The molecule has 2 rings (SSSR count). The van der Waals surface area contributed by atoms with Crippen LogP contribution in [0, 0.1) is 0 Å². The Kier molecular flexibility index (Phi) is 10.5. The Bertz CT molecular complexity index is 969. The van der Waals surface area contributed by atoms with Gasteiger partial charge in [0.25, 0.3) is 0 Å². The number of aromatic hydroxyl groups is 1. The van der Waals surface area contributed by atoms with Gasteiger partial charge < -0.3 is 20.5 Å². The van der Waals surface area contributed by atoms with E-state index in [1.54, 1.807) is 0 Å². The van der Waals surface area contributed by atoms with Gasteiger partial charge in [-0.3, -0.25) is 9.59 Å². The summed E-state index contributed by atoms with van der Waals surface area (Å²) in [6.07, 6.45) is 1.46. The topological polar surface area (TPSA) is 87.7 Å². The van der Waals surface area contributed by atoms with Crippen LogP contribution in [0.2, 0.25) is 0 Å². The second-order valence-electron chi connectivity index (χ2n) is 11.3. The minimum Gasteiger partial charge on any atom is -0.507 e. The van der Waals surface area contributed by atoms with Crippen LogP contribution in [0.5, 0.6) is 5.75 Å². The molecule has 1 atom stereocenters. The van der Waals surface area contributed by atoms with Gasteiger partial charge in [-0.1, -0.05) is 84.0 Å². The summed E-state index contributed by atoms with van der Waals surface area (Å²) in [5.41, 5.74) is 3.01. The Hall–Kier alpha value is -2.86. The molecule has 0 aliphatic rings. The molecule has 0 aliphatic carbocycles. The number of rotatable bonds is 11. The maximum Gasteiger partial charge on any atom is 0.247 e. The summed E-state index contributed by atoms with van der Waals surface area (Å²) in [5.74, 6) is -0.106. The number of phenolic OH excluding ortho intramolecular Hbond substituents is 1. The van der Waals surface area contributed by atoms with Gasteiger partial charge in [0.2, 0.25) is 11.8 Å². The van der Waals surface area contributed by atoms with Crippen molar-refractivity contribution in [3.8, 4) is 5.75 Å². The van der Waals surface area contributed by atoms with E-state index in [0.29, 0.717) is 38.3 Å². The molecule has 198 valence electrons. The van der Waals surface area contributed by atoms with Crippen LogP contribution in [0.25, 0.3) is 0 Å². The predicted octanol–water partition coefficient (Wildman–Crippen LogP) is 5.32.